The zero-order valence-electron chi connectivity index (χ0n) is 9.16. The number of hydrogen-bond donors (Lipinski definition) is 0. The average molecular weight is 246 g/mol. The van der Waals surface area contributed by atoms with Crippen molar-refractivity contribution in [2.75, 3.05) is 0 Å². The van der Waals surface area contributed by atoms with Gasteiger partial charge in [-0.1, -0.05) is 29.5 Å². The molecular weight excluding hydrogens is 236 g/mol. The van der Waals surface area contributed by atoms with Crippen molar-refractivity contribution in [1.82, 2.24) is 4.98 Å². The van der Waals surface area contributed by atoms with Crippen LogP contribution in [-0.4, -0.2) is 9.91 Å². The van der Waals surface area contributed by atoms with Gasteiger partial charge in [-0.25, -0.2) is 0 Å². The second kappa shape index (κ2) is 4.97. The molecule has 0 aliphatic carbocycles. The molecule has 0 saturated carbocycles. The van der Waals surface area contributed by atoms with Gasteiger partial charge in [0.1, 0.15) is 6.20 Å². The van der Waals surface area contributed by atoms with Crippen LogP contribution in [0.15, 0.2) is 52.5 Å². The van der Waals surface area contributed by atoms with Gasteiger partial charge in [0.05, 0.1) is 9.82 Å². The summed E-state index contributed by atoms with van der Waals surface area (Å²) in [6.45, 7) is 2.00. The summed E-state index contributed by atoms with van der Waals surface area (Å²) in [5, 5.41) is 10.8. The molecule has 1 aromatic heterocycles. The quantitative estimate of drug-likeness (QED) is 0.614. The van der Waals surface area contributed by atoms with E-state index in [0.29, 0.717) is 4.90 Å². The number of pyridine rings is 1. The van der Waals surface area contributed by atoms with Gasteiger partial charge in [0, 0.05) is 11.1 Å². The third kappa shape index (κ3) is 2.82. The van der Waals surface area contributed by atoms with Gasteiger partial charge in [0.15, 0.2) is 0 Å². The van der Waals surface area contributed by atoms with Gasteiger partial charge in [-0.15, -0.1) is 0 Å². The Morgan fingerprint density at radius 1 is 1.24 bits per heavy atom. The molecule has 0 atom stereocenters. The van der Waals surface area contributed by atoms with E-state index in [1.807, 2.05) is 31.2 Å². The maximum atomic E-state index is 10.8. The fraction of sp³-hybridized carbons (Fsp3) is 0.0833. The Labute approximate surface area is 103 Å². The lowest BCUT2D eigenvalue weighted by Gasteiger charge is -2.02. The van der Waals surface area contributed by atoms with Gasteiger partial charge in [-0.05, 0) is 25.1 Å². The zero-order valence-corrected chi connectivity index (χ0v) is 9.98. The zero-order chi connectivity index (χ0) is 12.3. The van der Waals surface area contributed by atoms with Crippen LogP contribution >= 0.6 is 11.8 Å². The van der Waals surface area contributed by atoms with Crippen molar-refractivity contribution in [1.29, 1.82) is 0 Å². The van der Waals surface area contributed by atoms with Gasteiger partial charge in [0.25, 0.3) is 0 Å². The van der Waals surface area contributed by atoms with E-state index in [-0.39, 0.29) is 5.69 Å². The summed E-state index contributed by atoms with van der Waals surface area (Å²) in [4.78, 5) is 15.8. The lowest BCUT2D eigenvalue weighted by molar-refractivity contribution is -0.388. The standard InChI is InChI=1S/C12H10N2O2S/c1-9-2-4-10(5-3-9)17-12-6-7-13-8-11(12)14(15)16/h2-8H,1H3. The molecular formula is C12H10N2O2S. The van der Waals surface area contributed by atoms with Gasteiger partial charge in [0.2, 0.25) is 0 Å². The lowest BCUT2D eigenvalue weighted by atomic mass is 10.2. The first-order chi connectivity index (χ1) is 8.16. The fourth-order valence-corrected chi connectivity index (χ4v) is 2.22. The molecule has 0 aliphatic heterocycles. The van der Waals surface area contributed by atoms with Crippen LogP contribution in [0.25, 0.3) is 0 Å². The maximum Gasteiger partial charge on any atom is 0.301 e. The summed E-state index contributed by atoms with van der Waals surface area (Å²) >= 11 is 1.37. The van der Waals surface area contributed by atoms with E-state index in [1.54, 1.807) is 12.3 Å². The van der Waals surface area contributed by atoms with E-state index in [0.717, 1.165) is 4.90 Å². The Hall–Kier alpha value is -1.88. The van der Waals surface area contributed by atoms with Crippen LogP contribution in [0, 0.1) is 17.0 Å². The normalized spacial score (nSPS) is 10.2. The van der Waals surface area contributed by atoms with Gasteiger partial charge < -0.3 is 0 Å². The maximum absolute atomic E-state index is 10.8. The van der Waals surface area contributed by atoms with E-state index >= 15 is 0 Å². The van der Waals surface area contributed by atoms with Crippen molar-refractivity contribution in [3.63, 3.8) is 0 Å². The van der Waals surface area contributed by atoms with Crippen LogP contribution in [0.2, 0.25) is 0 Å². The van der Waals surface area contributed by atoms with Crippen molar-refractivity contribution in [2.24, 2.45) is 0 Å². The molecule has 0 aliphatic rings. The highest BCUT2D eigenvalue weighted by Crippen LogP contribution is 2.33. The van der Waals surface area contributed by atoms with Gasteiger partial charge >= 0.3 is 5.69 Å². The summed E-state index contributed by atoms with van der Waals surface area (Å²) in [6, 6.07) is 9.52. The molecule has 86 valence electrons. The van der Waals surface area contributed by atoms with Crippen LogP contribution in [0.5, 0.6) is 0 Å². The van der Waals surface area contributed by atoms with E-state index < -0.39 is 4.92 Å². The Morgan fingerprint density at radius 2 is 1.94 bits per heavy atom. The molecule has 2 rings (SSSR count). The largest absolute Gasteiger partial charge is 0.301 e. The minimum absolute atomic E-state index is 0.0399. The van der Waals surface area contributed by atoms with E-state index in [1.165, 1.54) is 23.5 Å². The summed E-state index contributed by atoms with van der Waals surface area (Å²) in [6.07, 6.45) is 2.83. The molecule has 4 nitrogen and oxygen atoms in total. The molecule has 17 heavy (non-hydrogen) atoms. The number of rotatable bonds is 3. The third-order valence-electron chi connectivity index (χ3n) is 2.21. The highest BCUT2D eigenvalue weighted by atomic mass is 32.2. The highest BCUT2D eigenvalue weighted by molar-refractivity contribution is 7.99. The average Bonchev–Trinajstić information content (AvgIpc) is 2.32. The smallest absolute Gasteiger partial charge is 0.258 e. The van der Waals surface area contributed by atoms with Crippen molar-refractivity contribution in [3.05, 3.63) is 58.4 Å². The molecule has 1 aromatic carbocycles. The molecule has 0 amide bonds. The minimum Gasteiger partial charge on any atom is -0.258 e. The number of benzene rings is 1. The monoisotopic (exact) mass is 246 g/mol. The number of nitrogens with zero attached hydrogens (tertiary/aromatic N) is 2. The molecule has 0 bridgehead atoms. The molecule has 0 unspecified atom stereocenters. The lowest BCUT2D eigenvalue weighted by Crippen LogP contribution is -1.91. The van der Waals surface area contributed by atoms with Crippen LogP contribution in [0.1, 0.15) is 5.56 Å². The molecule has 0 spiro atoms. The Bertz CT molecular complexity index is 540. The summed E-state index contributed by atoms with van der Waals surface area (Å²) in [5.41, 5.74) is 1.21. The van der Waals surface area contributed by atoms with Crippen LogP contribution < -0.4 is 0 Å². The molecule has 0 N–H and O–H groups in total. The molecule has 0 fully saturated rings. The molecule has 2 aromatic rings. The summed E-state index contributed by atoms with van der Waals surface area (Å²) in [5.74, 6) is 0. The number of nitro groups is 1. The molecule has 1 heterocycles. The third-order valence-corrected chi connectivity index (χ3v) is 3.28. The first-order valence-corrected chi connectivity index (χ1v) is 5.81. The van der Waals surface area contributed by atoms with Crippen molar-refractivity contribution in [2.45, 2.75) is 16.7 Å². The predicted octanol–water partition coefficient (Wildman–Crippen LogP) is 3.45. The number of hydrogen-bond acceptors (Lipinski definition) is 4. The van der Waals surface area contributed by atoms with E-state index in [4.69, 9.17) is 0 Å². The van der Waals surface area contributed by atoms with Crippen molar-refractivity contribution < 1.29 is 4.92 Å². The number of aryl methyl sites for hydroxylation is 1. The molecule has 0 saturated heterocycles. The second-order valence-corrected chi connectivity index (χ2v) is 4.63. The highest BCUT2D eigenvalue weighted by Gasteiger charge is 2.13. The van der Waals surface area contributed by atoms with Crippen molar-refractivity contribution in [3.8, 4) is 0 Å². The first kappa shape index (κ1) is 11.6. The Balaban J connectivity index is 2.30. The predicted molar refractivity (Wildman–Crippen MR) is 66.2 cm³/mol. The molecule has 5 heteroatoms. The summed E-state index contributed by atoms with van der Waals surface area (Å²) < 4.78 is 0. The Morgan fingerprint density at radius 3 is 2.59 bits per heavy atom. The van der Waals surface area contributed by atoms with Crippen LogP contribution in [0.4, 0.5) is 5.69 Å². The van der Waals surface area contributed by atoms with Crippen LogP contribution in [0.3, 0.4) is 0 Å². The SMILES string of the molecule is Cc1ccc(Sc2ccncc2[N+](=O)[O-])cc1. The minimum atomic E-state index is -0.413. The van der Waals surface area contributed by atoms with E-state index in [9.17, 15) is 10.1 Å². The molecule has 0 radical (unpaired) electrons. The van der Waals surface area contributed by atoms with Gasteiger partial charge in [-0.2, -0.15) is 0 Å². The van der Waals surface area contributed by atoms with E-state index in [2.05, 4.69) is 4.98 Å². The Kier molecular flexibility index (Phi) is 3.39. The van der Waals surface area contributed by atoms with Crippen molar-refractivity contribution >= 4 is 17.4 Å². The second-order valence-electron chi connectivity index (χ2n) is 3.52. The topological polar surface area (TPSA) is 56.0 Å². The first-order valence-electron chi connectivity index (χ1n) is 5.00. The number of aromatic nitrogens is 1. The van der Waals surface area contributed by atoms with Crippen LogP contribution in [-0.2, 0) is 0 Å². The fourth-order valence-electron chi connectivity index (χ4n) is 1.33. The summed E-state index contributed by atoms with van der Waals surface area (Å²) in [7, 11) is 0. The van der Waals surface area contributed by atoms with Gasteiger partial charge in [-0.3, -0.25) is 15.1 Å².